The molecule has 2 aromatic heterocycles. The van der Waals surface area contributed by atoms with Gasteiger partial charge in [0.05, 0.1) is 11.4 Å². The number of benzene rings is 1. The topological polar surface area (TPSA) is 79.5 Å². The normalized spacial score (nSPS) is 16.5. The molecule has 0 bridgehead atoms. The predicted molar refractivity (Wildman–Crippen MR) is 98.0 cm³/mol. The molecule has 1 aromatic carbocycles. The van der Waals surface area contributed by atoms with Crippen molar-refractivity contribution in [2.24, 2.45) is 0 Å². The molecule has 0 amide bonds. The van der Waals surface area contributed by atoms with E-state index in [0.717, 1.165) is 21.3 Å². The summed E-state index contributed by atoms with van der Waals surface area (Å²) in [5.74, 6) is -0.865. The molecule has 28 heavy (non-hydrogen) atoms. The Morgan fingerprint density at radius 2 is 1.89 bits per heavy atom. The fraction of sp³-hybridized carbons (Fsp3) is 0.294. The van der Waals surface area contributed by atoms with Crippen LogP contribution in [0.15, 0.2) is 45.0 Å². The van der Waals surface area contributed by atoms with Crippen LogP contribution >= 0.6 is 11.3 Å². The van der Waals surface area contributed by atoms with Crippen LogP contribution < -0.4 is 0 Å². The molecule has 3 aromatic rings. The highest BCUT2D eigenvalue weighted by atomic mass is 32.2. The van der Waals surface area contributed by atoms with Gasteiger partial charge in [-0.1, -0.05) is 6.07 Å². The zero-order valence-corrected chi connectivity index (χ0v) is 16.2. The van der Waals surface area contributed by atoms with Crippen molar-refractivity contribution in [1.29, 1.82) is 0 Å². The predicted octanol–water partition coefficient (Wildman–Crippen LogP) is 2.58. The molecule has 0 aliphatic carbocycles. The van der Waals surface area contributed by atoms with E-state index in [1.807, 2.05) is 22.4 Å². The summed E-state index contributed by atoms with van der Waals surface area (Å²) >= 11 is 1.50. The van der Waals surface area contributed by atoms with Gasteiger partial charge in [-0.3, -0.25) is 4.90 Å². The van der Waals surface area contributed by atoms with Crippen LogP contribution in [-0.2, 0) is 16.6 Å². The van der Waals surface area contributed by atoms with Gasteiger partial charge in [-0.2, -0.15) is 4.31 Å². The quantitative estimate of drug-likeness (QED) is 0.624. The molecule has 7 nitrogen and oxygen atoms in total. The number of thiophene rings is 1. The molecule has 0 saturated carbocycles. The molecule has 0 atom stereocenters. The van der Waals surface area contributed by atoms with E-state index in [-0.39, 0.29) is 13.1 Å². The Balaban J connectivity index is 1.40. The molecule has 1 aliphatic rings. The Bertz CT molecular complexity index is 1060. The van der Waals surface area contributed by atoms with Crippen molar-refractivity contribution in [3.05, 3.63) is 53.2 Å². The average Bonchev–Trinajstić information content (AvgIpc) is 3.36. The summed E-state index contributed by atoms with van der Waals surface area (Å²) in [6, 6.07) is 6.20. The molecule has 0 radical (unpaired) electrons. The van der Waals surface area contributed by atoms with E-state index >= 15 is 0 Å². The summed E-state index contributed by atoms with van der Waals surface area (Å²) < 4.78 is 59.3. The van der Waals surface area contributed by atoms with Crippen LogP contribution in [0.1, 0.15) is 5.89 Å². The lowest BCUT2D eigenvalue weighted by molar-refractivity contribution is 0.168. The number of aromatic nitrogens is 2. The van der Waals surface area contributed by atoms with Gasteiger partial charge in [0.25, 0.3) is 5.89 Å². The van der Waals surface area contributed by atoms with Gasteiger partial charge in [-0.15, -0.1) is 21.5 Å². The Hall–Kier alpha value is -2.21. The number of halogens is 2. The Kier molecular flexibility index (Phi) is 5.23. The first kappa shape index (κ1) is 19.1. The summed E-state index contributed by atoms with van der Waals surface area (Å²) in [6.45, 7) is 1.52. The third-order valence-corrected chi connectivity index (χ3v) is 7.17. The minimum Gasteiger partial charge on any atom is -0.419 e. The van der Waals surface area contributed by atoms with Crippen molar-refractivity contribution in [1.82, 2.24) is 19.4 Å². The maximum absolute atomic E-state index is 13.9. The standard InChI is InChI=1S/C17H16F2N4O3S2/c18-12-3-4-13(19)15(10-12)28(24,25)23-7-5-22(6-8-23)11-16-20-21-17(26-16)14-2-1-9-27-14/h1-4,9-10H,5-8,11H2. The van der Waals surface area contributed by atoms with Gasteiger partial charge in [-0.25, -0.2) is 17.2 Å². The van der Waals surface area contributed by atoms with E-state index in [2.05, 4.69) is 10.2 Å². The molecule has 148 valence electrons. The molecule has 1 fully saturated rings. The number of hydrogen-bond acceptors (Lipinski definition) is 7. The van der Waals surface area contributed by atoms with Gasteiger partial charge in [-0.05, 0) is 29.6 Å². The van der Waals surface area contributed by atoms with E-state index in [1.54, 1.807) is 0 Å². The highest BCUT2D eigenvalue weighted by Gasteiger charge is 2.31. The van der Waals surface area contributed by atoms with Crippen LogP contribution in [0.25, 0.3) is 10.8 Å². The highest BCUT2D eigenvalue weighted by Crippen LogP contribution is 2.24. The molecular weight excluding hydrogens is 410 g/mol. The lowest BCUT2D eigenvalue weighted by Gasteiger charge is -2.33. The molecular formula is C17H16F2N4O3S2. The fourth-order valence-corrected chi connectivity index (χ4v) is 5.09. The summed E-state index contributed by atoms with van der Waals surface area (Å²) in [4.78, 5) is 2.21. The largest absolute Gasteiger partial charge is 0.419 e. The van der Waals surface area contributed by atoms with Gasteiger partial charge >= 0.3 is 0 Å². The van der Waals surface area contributed by atoms with Crippen molar-refractivity contribution < 1.29 is 21.6 Å². The Morgan fingerprint density at radius 1 is 1.11 bits per heavy atom. The van der Waals surface area contributed by atoms with E-state index in [4.69, 9.17) is 4.42 Å². The van der Waals surface area contributed by atoms with E-state index in [1.165, 1.54) is 11.3 Å². The van der Waals surface area contributed by atoms with Crippen molar-refractivity contribution in [2.45, 2.75) is 11.4 Å². The molecule has 1 aliphatic heterocycles. The van der Waals surface area contributed by atoms with Crippen LogP contribution in [-0.4, -0.2) is 54.0 Å². The van der Waals surface area contributed by atoms with Crippen LogP contribution in [0.2, 0.25) is 0 Å². The monoisotopic (exact) mass is 426 g/mol. The molecule has 1 saturated heterocycles. The zero-order valence-electron chi connectivity index (χ0n) is 14.6. The van der Waals surface area contributed by atoms with Gasteiger partial charge in [0.2, 0.25) is 15.9 Å². The van der Waals surface area contributed by atoms with Gasteiger partial charge in [0.1, 0.15) is 16.5 Å². The minimum absolute atomic E-state index is 0.157. The second-order valence-electron chi connectivity index (χ2n) is 6.23. The number of hydrogen-bond donors (Lipinski definition) is 0. The first-order valence-corrected chi connectivity index (χ1v) is 10.8. The van der Waals surface area contributed by atoms with Gasteiger partial charge < -0.3 is 4.42 Å². The number of piperazine rings is 1. The maximum Gasteiger partial charge on any atom is 0.257 e. The van der Waals surface area contributed by atoms with Gasteiger partial charge in [0, 0.05) is 26.2 Å². The second kappa shape index (κ2) is 7.66. The summed E-state index contributed by atoms with van der Waals surface area (Å²) in [7, 11) is -4.10. The summed E-state index contributed by atoms with van der Waals surface area (Å²) in [5.41, 5.74) is 0. The molecule has 11 heteroatoms. The van der Waals surface area contributed by atoms with Crippen molar-refractivity contribution in [2.75, 3.05) is 26.2 Å². The first-order chi connectivity index (χ1) is 13.4. The van der Waals surface area contributed by atoms with E-state index in [0.29, 0.717) is 37.5 Å². The third kappa shape index (κ3) is 3.83. The fourth-order valence-electron chi connectivity index (χ4n) is 2.95. The van der Waals surface area contributed by atoms with Crippen LogP contribution in [0.5, 0.6) is 0 Å². The third-order valence-electron chi connectivity index (χ3n) is 4.40. The van der Waals surface area contributed by atoms with Gasteiger partial charge in [0.15, 0.2) is 0 Å². The second-order valence-corrected chi connectivity index (χ2v) is 9.09. The van der Waals surface area contributed by atoms with Crippen molar-refractivity contribution in [3.63, 3.8) is 0 Å². The Morgan fingerprint density at radius 3 is 2.61 bits per heavy atom. The maximum atomic E-state index is 13.9. The Labute approximate surface area is 164 Å². The number of rotatable bonds is 5. The average molecular weight is 426 g/mol. The summed E-state index contributed by atoms with van der Waals surface area (Å²) in [6.07, 6.45) is 0. The molecule has 3 heterocycles. The molecule has 4 rings (SSSR count). The highest BCUT2D eigenvalue weighted by molar-refractivity contribution is 7.89. The van der Waals surface area contributed by atoms with Crippen molar-refractivity contribution >= 4 is 21.4 Å². The SMILES string of the molecule is O=S(=O)(c1cc(F)ccc1F)N1CCN(Cc2nnc(-c3cccs3)o2)CC1. The number of sulfonamides is 1. The smallest absolute Gasteiger partial charge is 0.257 e. The van der Waals surface area contributed by atoms with Crippen molar-refractivity contribution in [3.8, 4) is 10.8 Å². The lowest BCUT2D eigenvalue weighted by atomic mass is 10.3. The van der Waals surface area contributed by atoms with Crippen LogP contribution in [0.3, 0.4) is 0 Å². The van der Waals surface area contributed by atoms with Crippen LogP contribution in [0, 0.1) is 11.6 Å². The van der Waals surface area contributed by atoms with E-state index < -0.39 is 26.6 Å². The first-order valence-electron chi connectivity index (χ1n) is 8.47. The minimum atomic E-state index is -4.10. The molecule has 0 N–H and O–H groups in total. The lowest BCUT2D eigenvalue weighted by Crippen LogP contribution is -2.48. The van der Waals surface area contributed by atoms with Crippen LogP contribution in [0.4, 0.5) is 8.78 Å². The molecule has 0 unspecified atom stereocenters. The number of nitrogens with zero attached hydrogens (tertiary/aromatic N) is 4. The summed E-state index contributed by atoms with van der Waals surface area (Å²) in [5, 5.41) is 9.96. The molecule has 0 spiro atoms. The zero-order chi connectivity index (χ0) is 19.7. The van der Waals surface area contributed by atoms with E-state index in [9.17, 15) is 17.2 Å².